The molecule has 0 aliphatic carbocycles. The first kappa shape index (κ1) is 12.2. The maximum Gasteiger partial charge on any atom is 0.0699 e. The molecule has 2 heteroatoms. The summed E-state index contributed by atoms with van der Waals surface area (Å²) in [4.78, 5) is 0. The van der Waals surface area contributed by atoms with Gasteiger partial charge in [-0.2, -0.15) is 5.10 Å². The van der Waals surface area contributed by atoms with Gasteiger partial charge < -0.3 is 0 Å². The first-order chi connectivity index (χ1) is 8.28. The summed E-state index contributed by atoms with van der Waals surface area (Å²) < 4.78 is 2.15. The van der Waals surface area contributed by atoms with Crippen molar-refractivity contribution in [2.24, 2.45) is 0 Å². The van der Waals surface area contributed by atoms with Gasteiger partial charge in [0.2, 0.25) is 0 Å². The molecular weight excluding hydrogens is 208 g/mol. The van der Waals surface area contributed by atoms with Crippen molar-refractivity contribution in [3.8, 4) is 0 Å². The molecular formula is C15H22N2. The van der Waals surface area contributed by atoms with Crippen LogP contribution in [0.2, 0.25) is 0 Å². The quantitative estimate of drug-likeness (QED) is 0.784. The Labute approximate surface area is 104 Å². The van der Waals surface area contributed by atoms with Crippen LogP contribution < -0.4 is 0 Å². The number of pyridine rings is 1. The number of aryl methyl sites for hydroxylation is 2. The minimum absolute atomic E-state index is 1.05. The molecule has 0 unspecified atom stereocenters. The number of fused-ring (bicyclic) bond motifs is 1. The summed E-state index contributed by atoms with van der Waals surface area (Å²) in [5, 5.41) is 4.50. The van der Waals surface area contributed by atoms with Gasteiger partial charge >= 0.3 is 0 Å². The van der Waals surface area contributed by atoms with E-state index < -0.39 is 0 Å². The zero-order valence-electron chi connectivity index (χ0n) is 11.4. The molecule has 0 fully saturated rings. The minimum Gasteiger partial charge on any atom is -0.237 e. The smallest absolute Gasteiger partial charge is 0.0699 e. The highest BCUT2D eigenvalue weighted by molar-refractivity contribution is 5.61. The predicted molar refractivity (Wildman–Crippen MR) is 72.7 cm³/mol. The van der Waals surface area contributed by atoms with Crippen LogP contribution in [0.15, 0.2) is 12.3 Å². The fourth-order valence-corrected chi connectivity index (χ4v) is 2.99. The van der Waals surface area contributed by atoms with Crippen molar-refractivity contribution < 1.29 is 0 Å². The van der Waals surface area contributed by atoms with Gasteiger partial charge in [-0.05, 0) is 48.4 Å². The molecule has 0 aliphatic rings. The Morgan fingerprint density at radius 1 is 0.882 bits per heavy atom. The summed E-state index contributed by atoms with van der Waals surface area (Å²) in [7, 11) is 0. The molecule has 2 aromatic rings. The molecule has 0 saturated heterocycles. The van der Waals surface area contributed by atoms with Gasteiger partial charge in [-0.3, -0.25) is 0 Å². The fourth-order valence-electron chi connectivity index (χ4n) is 2.99. The zero-order valence-corrected chi connectivity index (χ0v) is 11.4. The summed E-state index contributed by atoms with van der Waals surface area (Å²) in [6.45, 7) is 8.98. The van der Waals surface area contributed by atoms with Crippen molar-refractivity contribution in [2.45, 2.75) is 53.4 Å². The molecule has 0 saturated carbocycles. The van der Waals surface area contributed by atoms with Gasteiger partial charge in [-0.25, -0.2) is 4.52 Å². The molecule has 0 N–H and O–H groups in total. The summed E-state index contributed by atoms with van der Waals surface area (Å²) in [5.41, 5.74) is 7.25. The summed E-state index contributed by atoms with van der Waals surface area (Å²) in [6.07, 6.45) is 6.30. The minimum atomic E-state index is 1.05. The van der Waals surface area contributed by atoms with Gasteiger partial charge in [0.25, 0.3) is 0 Å². The lowest BCUT2D eigenvalue weighted by molar-refractivity contribution is 0.812. The monoisotopic (exact) mass is 230 g/mol. The van der Waals surface area contributed by atoms with Crippen LogP contribution in [0.4, 0.5) is 0 Å². The van der Waals surface area contributed by atoms with Crippen LogP contribution in [0, 0.1) is 0 Å². The van der Waals surface area contributed by atoms with E-state index in [1.165, 1.54) is 22.3 Å². The molecule has 92 valence electrons. The Morgan fingerprint density at radius 3 is 2.06 bits per heavy atom. The fraction of sp³-hybridized carbons (Fsp3) is 0.533. The van der Waals surface area contributed by atoms with Crippen molar-refractivity contribution in [3.63, 3.8) is 0 Å². The third kappa shape index (κ3) is 1.76. The van der Waals surface area contributed by atoms with E-state index in [9.17, 15) is 0 Å². The Bertz CT molecular complexity index is 477. The summed E-state index contributed by atoms with van der Waals surface area (Å²) in [5.74, 6) is 0. The van der Waals surface area contributed by atoms with E-state index >= 15 is 0 Å². The Morgan fingerprint density at radius 2 is 1.53 bits per heavy atom. The lowest BCUT2D eigenvalue weighted by atomic mass is 9.93. The van der Waals surface area contributed by atoms with E-state index in [0.29, 0.717) is 0 Å². The second-order valence-electron chi connectivity index (χ2n) is 4.42. The van der Waals surface area contributed by atoms with E-state index in [1.54, 1.807) is 5.56 Å². The van der Waals surface area contributed by atoms with E-state index in [-0.39, 0.29) is 0 Å². The van der Waals surface area contributed by atoms with Gasteiger partial charge in [-0.1, -0.05) is 27.7 Å². The van der Waals surface area contributed by atoms with Crippen LogP contribution in [0.1, 0.15) is 50.1 Å². The number of rotatable bonds is 4. The average molecular weight is 230 g/mol. The second kappa shape index (κ2) is 4.91. The molecule has 0 bridgehead atoms. The van der Waals surface area contributed by atoms with Crippen molar-refractivity contribution in [1.82, 2.24) is 9.61 Å². The van der Waals surface area contributed by atoms with Gasteiger partial charge in [0.1, 0.15) is 0 Å². The first-order valence-electron chi connectivity index (χ1n) is 6.77. The van der Waals surface area contributed by atoms with E-state index in [4.69, 9.17) is 0 Å². The molecule has 0 spiro atoms. The van der Waals surface area contributed by atoms with Crippen molar-refractivity contribution >= 4 is 5.52 Å². The molecule has 2 heterocycles. The Hall–Kier alpha value is -1.31. The van der Waals surface area contributed by atoms with E-state index in [2.05, 4.69) is 43.4 Å². The highest BCUT2D eigenvalue weighted by Crippen LogP contribution is 2.26. The zero-order chi connectivity index (χ0) is 12.4. The molecule has 17 heavy (non-hydrogen) atoms. The third-order valence-corrected chi connectivity index (χ3v) is 3.68. The SMILES string of the molecule is CCc1c(CC)c(CC)n2nccc2c1CC. The number of nitrogens with zero attached hydrogens (tertiary/aromatic N) is 2. The molecule has 0 amide bonds. The van der Waals surface area contributed by atoms with Gasteiger partial charge in [0.05, 0.1) is 5.52 Å². The van der Waals surface area contributed by atoms with Crippen LogP contribution in [0.5, 0.6) is 0 Å². The predicted octanol–water partition coefficient (Wildman–Crippen LogP) is 3.58. The Kier molecular flexibility index (Phi) is 3.51. The van der Waals surface area contributed by atoms with Crippen LogP contribution in [-0.2, 0) is 25.7 Å². The highest BCUT2D eigenvalue weighted by atomic mass is 15.2. The summed E-state index contributed by atoms with van der Waals surface area (Å²) in [6, 6.07) is 2.15. The van der Waals surface area contributed by atoms with Crippen molar-refractivity contribution in [3.05, 3.63) is 34.6 Å². The maximum atomic E-state index is 4.50. The van der Waals surface area contributed by atoms with Crippen LogP contribution in [0.3, 0.4) is 0 Å². The lowest BCUT2D eigenvalue weighted by Gasteiger charge is -2.18. The maximum absolute atomic E-state index is 4.50. The van der Waals surface area contributed by atoms with Crippen LogP contribution >= 0.6 is 0 Å². The normalized spacial score (nSPS) is 11.3. The van der Waals surface area contributed by atoms with E-state index in [0.717, 1.165) is 25.7 Å². The third-order valence-electron chi connectivity index (χ3n) is 3.68. The first-order valence-corrected chi connectivity index (χ1v) is 6.77. The topological polar surface area (TPSA) is 17.3 Å². The number of aromatic nitrogens is 2. The second-order valence-corrected chi connectivity index (χ2v) is 4.42. The van der Waals surface area contributed by atoms with Crippen molar-refractivity contribution in [2.75, 3.05) is 0 Å². The van der Waals surface area contributed by atoms with E-state index in [1.807, 2.05) is 6.20 Å². The Balaban J connectivity index is 2.89. The molecule has 0 aliphatic heterocycles. The van der Waals surface area contributed by atoms with Crippen LogP contribution in [0.25, 0.3) is 5.52 Å². The average Bonchev–Trinajstić information content (AvgIpc) is 2.84. The molecule has 2 nitrogen and oxygen atoms in total. The number of hydrogen-bond acceptors (Lipinski definition) is 1. The van der Waals surface area contributed by atoms with Gasteiger partial charge in [0, 0.05) is 11.9 Å². The lowest BCUT2D eigenvalue weighted by Crippen LogP contribution is -2.10. The molecule has 0 atom stereocenters. The van der Waals surface area contributed by atoms with Gasteiger partial charge in [0.15, 0.2) is 0 Å². The number of hydrogen-bond donors (Lipinski definition) is 0. The highest BCUT2D eigenvalue weighted by Gasteiger charge is 2.15. The van der Waals surface area contributed by atoms with Gasteiger partial charge in [-0.15, -0.1) is 0 Å². The molecule has 2 rings (SSSR count). The molecule has 2 aromatic heterocycles. The summed E-state index contributed by atoms with van der Waals surface area (Å²) >= 11 is 0. The largest absolute Gasteiger partial charge is 0.237 e. The molecule has 0 radical (unpaired) electrons. The standard InChI is InChI=1S/C15H22N2/c1-5-11-12(6-2)14(8-4)17-15(9-10-16-17)13(11)7-3/h9-10H,5-8H2,1-4H3. The van der Waals surface area contributed by atoms with Crippen molar-refractivity contribution in [1.29, 1.82) is 0 Å². The van der Waals surface area contributed by atoms with Crippen LogP contribution in [-0.4, -0.2) is 9.61 Å². The molecule has 0 aromatic carbocycles.